The molecule has 2 aromatic heterocycles. The number of aromatic nitrogens is 1. The molecule has 2 amide bonds. The maximum atomic E-state index is 13.1. The maximum Gasteiger partial charge on any atom is 0.320 e. The number of aromatic hydroxyl groups is 1. The fourth-order valence-corrected chi connectivity index (χ4v) is 3.60. The van der Waals surface area contributed by atoms with Crippen LogP contribution in [0.3, 0.4) is 0 Å². The molecule has 0 aliphatic rings. The zero-order valence-electron chi connectivity index (χ0n) is 18.5. The second-order valence-corrected chi connectivity index (χ2v) is 7.79. The Morgan fingerprint density at radius 3 is 2.68 bits per heavy atom. The van der Waals surface area contributed by atoms with E-state index in [1.54, 1.807) is 31.2 Å². The number of carboxylic acid groups (broad SMARTS) is 1. The molecule has 0 aliphatic heterocycles. The number of carbonyl (C=O) groups is 2. The highest BCUT2D eigenvalue weighted by molar-refractivity contribution is 6.31. The molecule has 4 N–H and O–H groups in total. The van der Waals surface area contributed by atoms with Crippen LogP contribution < -0.4 is 20.9 Å². The fraction of sp³-hybridized carbons (Fsp3) is 0.261. The standard InChI is InChI=1S/C23H24ClN3O7/c1-3-33-17-7-4-6-15(24)14(17)12-27-11-13(2)21(30)20(22(27)31)26-23(32)25-16(10-19(28)29)18-8-5-9-34-18/h4-9,11,16,30H,3,10,12H2,1-2H3,(H,28,29)(H2,25,26,32). The molecule has 3 rings (SSSR count). The van der Waals surface area contributed by atoms with Gasteiger partial charge in [-0.1, -0.05) is 17.7 Å². The number of anilines is 1. The topological polar surface area (TPSA) is 143 Å². The van der Waals surface area contributed by atoms with Gasteiger partial charge in [-0.05, 0) is 38.1 Å². The van der Waals surface area contributed by atoms with Crippen LogP contribution in [0.4, 0.5) is 10.5 Å². The zero-order chi connectivity index (χ0) is 24.8. The highest BCUT2D eigenvalue weighted by Crippen LogP contribution is 2.29. The van der Waals surface area contributed by atoms with Gasteiger partial charge in [-0.15, -0.1) is 0 Å². The molecular weight excluding hydrogens is 466 g/mol. The molecule has 10 nitrogen and oxygen atoms in total. The Balaban J connectivity index is 1.89. The lowest BCUT2D eigenvalue weighted by atomic mass is 10.1. The van der Waals surface area contributed by atoms with Crippen LogP contribution in [0.15, 0.2) is 52.0 Å². The molecule has 0 spiro atoms. The minimum Gasteiger partial charge on any atom is -0.505 e. The van der Waals surface area contributed by atoms with Crippen molar-refractivity contribution in [2.75, 3.05) is 11.9 Å². The Labute approximate surface area is 199 Å². The van der Waals surface area contributed by atoms with Gasteiger partial charge in [0.2, 0.25) is 0 Å². The van der Waals surface area contributed by atoms with Crippen molar-refractivity contribution in [3.63, 3.8) is 0 Å². The molecule has 0 bridgehead atoms. The third-order valence-electron chi connectivity index (χ3n) is 4.95. The van der Waals surface area contributed by atoms with Crippen molar-refractivity contribution in [1.82, 2.24) is 9.88 Å². The third-order valence-corrected chi connectivity index (χ3v) is 5.30. The number of hydrogen-bond acceptors (Lipinski definition) is 6. The highest BCUT2D eigenvalue weighted by Gasteiger charge is 2.23. The first kappa shape index (κ1) is 24.7. The molecule has 2 heterocycles. The smallest absolute Gasteiger partial charge is 0.320 e. The summed E-state index contributed by atoms with van der Waals surface area (Å²) in [5.74, 6) is -0.832. The third kappa shape index (κ3) is 5.70. The van der Waals surface area contributed by atoms with Gasteiger partial charge in [-0.25, -0.2) is 4.79 Å². The number of aliphatic carboxylic acids is 1. The van der Waals surface area contributed by atoms with Crippen LogP contribution in [0, 0.1) is 6.92 Å². The van der Waals surface area contributed by atoms with Crippen LogP contribution in [-0.2, 0) is 11.3 Å². The van der Waals surface area contributed by atoms with Gasteiger partial charge in [0.05, 0.1) is 31.9 Å². The average molecular weight is 490 g/mol. The molecule has 11 heteroatoms. The van der Waals surface area contributed by atoms with E-state index in [0.717, 1.165) is 0 Å². The molecule has 0 radical (unpaired) electrons. The normalized spacial score (nSPS) is 11.6. The number of amides is 2. The number of hydrogen-bond donors (Lipinski definition) is 4. The Bertz CT molecular complexity index is 1240. The van der Waals surface area contributed by atoms with Crippen LogP contribution in [-0.4, -0.2) is 33.4 Å². The SMILES string of the molecule is CCOc1cccc(Cl)c1Cn1cc(C)c(O)c(NC(=O)NC(CC(=O)O)c2ccco2)c1=O. The molecule has 1 aromatic carbocycles. The molecule has 0 saturated heterocycles. The summed E-state index contributed by atoms with van der Waals surface area (Å²) >= 11 is 6.33. The number of urea groups is 1. The Morgan fingerprint density at radius 2 is 2.03 bits per heavy atom. The minimum atomic E-state index is -1.16. The summed E-state index contributed by atoms with van der Waals surface area (Å²) in [7, 11) is 0. The van der Waals surface area contributed by atoms with Crippen LogP contribution in [0.2, 0.25) is 5.02 Å². The van der Waals surface area contributed by atoms with Gasteiger partial charge in [-0.3, -0.25) is 9.59 Å². The second-order valence-electron chi connectivity index (χ2n) is 7.38. The fourth-order valence-electron chi connectivity index (χ4n) is 3.37. The van der Waals surface area contributed by atoms with E-state index in [1.807, 2.05) is 6.92 Å². The number of ether oxygens (including phenoxy) is 1. The Hall–Kier alpha value is -3.92. The number of nitrogens with one attached hydrogen (secondary N) is 2. The molecule has 180 valence electrons. The Kier molecular flexibility index (Phi) is 7.85. The van der Waals surface area contributed by atoms with E-state index >= 15 is 0 Å². The van der Waals surface area contributed by atoms with Crippen molar-refractivity contribution in [2.45, 2.75) is 32.9 Å². The monoisotopic (exact) mass is 489 g/mol. The van der Waals surface area contributed by atoms with Crippen LogP contribution in [0.5, 0.6) is 11.5 Å². The average Bonchev–Trinajstić information content (AvgIpc) is 3.31. The summed E-state index contributed by atoms with van der Waals surface area (Å²) in [6.45, 7) is 3.82. The number of rotatable bonds is 9. The first-order chi connectivity index (χ1) is 16.2. The van der Waals surface area contributed by atoms with Gasteiger partial charge >= 0.3 is 12.0 Å². The summed E-state index contributed by atoms with van der Waals surface area (Å²) in [4.78, 5) is 36.9. The van der Waals surface area contributed by atoms with Crippen LogP contribution in [0.1, 0.15) is 36.3 Å². The molecule has 0 fully saturated rings. The summed E-state index contributed by atoms with van der Waals surface area (Å²) in [6.07, 6.45) is 2.34. The van der Waals surface area contributed by atoms with E-state index in [2.05, 4.69) is 10.6 Å². The van der Waals surface area contributed by atoms with Gasteiger partial charge in [0.25, 0.3) is 5.56 Å². The molecule has 3 aromatic rings. The summed E-state index contributed by atoms with van der Waals surface area (Å²) in [6, 6.07) is 6.32. The molecule has 1 atom stereocenters. The van der Waals surface area contributed by atoms with E-state index in [0.29, 0.717) is 28.5 Å². The first-order valence-corrected chi connectivity index (χ1v) is 10.7. The molecule has 0 saturated carbocycles. The predicted molar refractivity (Wildman–Crippen MR) is 125 cm³/mol. The summed E-state index contributed by atoms with van der Waals surface area (Å²) in [5, 5.41) is 24.8. The van der Waals surface area contributed by atoms with Gasteiger partial charge in [0.15, 0.2) is 5.69 Å². The van der Waals surface area contributed by atoms with Crippen molar-refractivity contribution in [3.8, 4) is 11.5 Å². The lowest BCUT2D eigenvalue weighted by molar-refractivity contribution is -0.137. The number of carboxylic acids is 1. The van der Waals surface area contributed by atoms with E-state index in [1.165, 1.54) is 23.1 Å². The first-order valence-electron chi connectivity index (χ1n) is 10.4. The summed E-state index contributed by atoms with van der Waals surface area (Å²) < 4.78 is 12.1. The lowest BCUT2D eigenvalue weighted by Gasteiger charge is -2.18. The number of carbonyl (C=O) groups excluding carboxylic acids is 1. The number of furan rings is 1. The quantitative estimate of drug-likeness (QED) is 0.357. The van der Waals surface area contributed by atoms with Crippen LogP contribution in [0.25, 0.3) is 0 Å². The number of nitrogens with zero attached hydrogens (tertiary/aromatic N) is 1. The number of benzene rings is 1. The lowest BCUT2D eigenvalue weighted by Crippen LogP contribution is -2.36. The molecule has 34 heavy (non-hydrogen) atoms. The number of pyridine rings is 1. The predicted octanol–water partition coefficient (Wildman–Crippen LogP) is 3.89. The largest absolute Gasteiger partial charge is 0.505 e. The van der Waals surface area contributed by atoms with Gasteiger partial charge in [-0.2, -0.15) is 0 Å². The number of halogens is 1. The van der Waals surface area contributed by atoms with E-state index < -0.39 is 35.8 Å². The van der Waals surface area contributed by atoms with Gasteiger partial charge in [0.1, 0.15) is 17.3 Å². The van der Waals surface area contributed by atoms with Crippen molar-refractivity contribution in [2.24, 2.45) is 0 Å². The van der Waals surface area contributed by atoms with Crippen molar-refractivity contribution in [3.05, 3.63) is 75.1 Å². The van der Waals surface area contributed by atoms with E-state index in [4.69, 9.17) is 25.9 Å². The molecule has 1 unspecified atom stereocenters. The highest BCUT2D eigenvalue weighted by atomic mass is 35.5. The molecule has 0 aliphatic carbocycles. The molecular formula is C23H24ClN3O7. The van der Waals surface area contributed by atoms with Crippen molar-refractivity contribution >= 4 is 29.3 Å². The zero-order valence-corrected chi connectivity index (χ0v) is 19.3. The van der Waals surface area contributed by atoms with E-state index in [-0.39, 0.29) is 18.0 Å². The summed E-state index contributed by atoms with van der Waals surface area (Å²) in [5.41, 5.74) is -0.162. The van der Waals surface area contributed by atoms with Crippen LogP contribution >= 0.6 is 11.6 Å². The minimum absolute atomic E-state index is 0.0271. The van der Waals surface area contributed by atoms with Gasteiger partial charge < -0.3 is 34.6 Å². The Morgan fingerprint density at radius 1 is 1.26 bits per heavy atom. The van der Waals surface area contributed by atoms with Gasteiger partial charge in [0, 0.05) is 22.3 Å². The second kappa shape index (κ2) is 10.8. The van der Waals surface area contributed by atoms with Crippen molar-refractivity contribution in [1.29, 1.82) is 0 Å². The van der Waals surface area contributed by atoms with E-state index in [9.17, 15) is 19.5 Å². The van der Waals surface area contributed by atoms with Crippen molar-refractivity contribution < 1.29 is 29.0 Å². The number of aryl methyl sites for hydroxylation is 1. The maximum absolute atomic E-state index is 13.1.